The molecule has 0 aliphatic carbocycles. The monoisotopic (exact) mass is 264 g/mol. The highest BCUT2D eigenvalue weighted by molar-refractivity contribution is 7.98. The van der Waals surface area contributed by atoms with Crippen LogP contribution < -0.4 is 5.32 Å². The lowest BCUT2D eigenvalue weighted by Crippen LogP contribution is -2.44. The number of carboxylic acid groups (broad SMARTS) is 1. The third kappa shape index (κ3) is 6.38. The molecule has 0 spiro atoms. The van der Waals surface area contributed by atoms with Gasteiger partial charge >= 0.3 is 12.0 Å². The van der Waals surface area contributed by atoms with Crippen LogP contribution in [-0.4, -0.2) is 64.9 Å². The van der Waals surface area contributed by atoms with E-state index in [2.05, 4.69) is 5.32 Å². The van der Waals surface area contributed by atoms with Crippen molar-refractivity contribution >= 4 is 23.8 Å². The molecule has 100 valence electrons. The topological polar surface area (TPSA) is 89.9 Å². The lowest BCUT2D eigenvalue weighted by molar-refractivity contribution is -0.146. The zero-order valence-electron chi connectivity index (χ0n) is 10.3. The highest BCUT2D eigenvalue weighted by atomic mass is 32.2. The van der Waals surface area contributed by atoms with Gasteiger partial charge in [0.25, 0.3) is 0 Å². The Kier molecular flexibility index (Phi) is 7.73. The quantitative estimate of drug-likeness (QED) is 0.612. The Morgan fingerprint density at radius 3 is 2.53 bits per heavy atom. The van der Waals surface area contributed by atoms with Crippen molar-refractivity contribution in [3.8, 4) is 0 Å². The van der Waals surface area contributed by atoms with Gasteiger partial charge in [-0.3, -0.25) is 0 Å². The van der Waals surface area contributed by atoms with Gasteiger partial charge in [0.1, 0.15) is 0 Å². The third-order valence-corrected chi connectivity index (χ3v) is 3.18. The van der Waals surface area contributed by atoms with E-state index in [4.69, 9.17) is 10.2 Å². The molecule has 0 aromatic rings. The van der Waals surface area contributed by atoms with Crippen molar-refractivity contribution in [2.75, 3.05) is 25.6 Å². The van der Waals surface area contributed by atoms with Crippen molar-refractivity contribution in [3.63, 3.8) is 0 Å². The van der Waals surface area contributed by atoms with Gasteiger partial charge in [0, 0.05) is 31.8 Å². The Morgan fingerprint density at radius 2 is 2.06 bits per heavy atom. The molecule has 0 aliphatic heterocycles. The number of rotatable bonds is 7. The summed E-state index contributed by atoms with van der Waals surface area (Å²) in [7, 11) is 1.68. The van der Waals surface area contributed by atoms with E-state index in [0.717, 1.165) is 5.75 Å². The maximum Gasteiger partial charge on any atom is 0.332 e. The number of aliphatic carboxylic acids is 1. The SMILES string of the molecule is CSCC(C)N(C)C(=O)NCC[C@H](O)C(=O)O. The molecular formula is C10H20N2O4S. The summed E-state index contributed by atoms with van der Waals surface area (Å²) < 4.78 is 0. The number of hydrogen-bond acceptors (Lipinski definition) is 4. The van der Waals surface area contributed by atoms with E-state index < -0.39 is 12.1 Å². The zero-order chi connectivity index (χ0) is 13.4. The maximum absolute atomic E-state index is 11.6. The summed E-state index contributed by atoms with van der Waals surface area (Å²) in [5.41, 5.74) is 0. The minimum atomic E-state index is -1.43. The average molecular weight is 264 g/mol. The molecule has 1 unspecified atom stereocenters. The van der Waals surface area contributed by atoms with Gasteiger partial charge in [0.05, 0.1) is 0 Å². The minimum Gasteiger partial charge on any atom is -0.479 e. The number of carboxylic acids is 1. The molecule has 0 aliphatic rings. The number of thioether (sulfide) groups is 1. The molecule has 3 N–H and O–H groups in total. The molecule has 0 rings (SSSR count). The van der Waals surface area contributed by atoms with Gasteiger partial charge in [-0.2, -0.15) is 11.8 Å². The second-order valence-corrected chi connectivity index (χ2v) is 4.70. The summed E-state index contributed by atoms with van der Waals surface area (Å²) in [6, 6.07) is -0.154. The molecule has 0 saturated carbocycles. The molecule has 0 heterocycles. The number of amides is 2. The van der Waals surface area contributed by atoms with Crippen molar-refractivity contribution < 1.29 is 19.8 Å². The van der Waals surface area contributed by atoms with E-state index in [0.29, 0.717) is 0 Å². The van der Waals surface area contributed by atoms with Crippen LogP contribution in [0, 0.1) is 0 Å². The van der Waals surface area contributed by atoms with Crippen LogP contribution >= 0.6 is 11.8 Å². The minimum absolute atomic E-state index is 0.00578. The van der Waals surface area contributed by atoms with Gasteiger partial charge < -0.3 is 20.4 Å². The number of nitrogens with zero attached hydrogens (tertiary/aromatic N) is 1. The van der Waals surface area contributed by atoms with Crippen LogP contribution in [0.4, 0.5) is 4.79 Å². The van der Waals surface area contributed by atoms with Crippen LogP contribution in [0.25, 0.3) is 0 Å². The Balaban J connectivity index is 3.89. The van der Waals surface area contributed by atoms with Crippen LogP contribution in [0.15, 0.2) is 0 Å². The van der Waals surface area contributed by atoms with Crippen LogP contribution in [0.1, 0.15) is 13.3 Å². The van der Waals surface area contributed by atoms with Crippen LogP contribution in [-0.2, 0) is 4.79 Å². The first-order valence-electron chi connectivity index (χ1n) is 5.30. The first-order chi connectivity index (χ1) is 7.90. The third-order valence-electron chi connectivity index (χ3n) is 2.37. The Morgan fingerprint density at radius 1 is 1.47 bits per heavy atom. The first kappa shape index (κ1) is 16.1. The predicted molar refractivity (Wildman–Crippen MR) is 67.3 cm³/mol. The number of aliphatic hydroxyl groups excluding tert-OH is 1. The largest absolute Gasteiger partial charge is 0.479 e. The number of hydrogen-bond donors (Lipinski definition) is 3. The van der Waals surface area contributed by atoms with Crippen LogP contribution in [0.2, 0.25) is 0 Å². The molecule has 0 aromatic heterocycles. The van der Waals surface area contributed by atoms with Crippen LogP contribution in [0.5, 0.6) is 0 Å². The van der Waals surface area contributed by atoms with Crippen molar-refractivity contribution in [2.24, 2.45) is 0 Å². The summed E-state index contributed by atoms with van der Waals surface area (Å²) in [6.07, 6.45) is 0.543. The lowest BCUT2D eigenvalue weighted by Gasteiger charge is -2.24. The molecular weight excluding hydrogens is 244 g/mol. The molecule has 0 aromatic carbocycles. The fourth-order valence-corrected chi connectivity index (χ4v) is 1.82. The number of carbonyl (C=O) groups excluding carboxylic acids is 1. The van der Waals surface area contributed by atoms with E-state index in [9.17, 15) is 9.59 Å². The van der Waals surface area contributed by atoms with Gasteiger partial charge in [-0.1, -0.05) is 0 Å². The summed E-state index contributed by atoms with van der Waals surface area (Å²) in [5, 5.41) is 20.0. The molecule has 17 heavy (non-hydrogen) atoms. The molecule has 0 bridgehead atoms. The molecule has 0 saturated heterocycles. The number of carbonyl (C=O) groups is 2. The maximum atomic E-state index is 11.6. The summed E-state index contributed by atoms with van der Waals surface area (Å²) in [6.45, 7) is 2.07. The normalized spacial score (nSPS) is 13.9. The number of aliphatic hydroxyl groups is 1. The Labute approximate surface area is 105 Å². The number of nitrogens with one attached hydrogen (secondary N) is 1. The molecule has 7 heteroatoms. The second-order valence-electron chi connectivity index (χ2n) is 3.79. The Hall–Kier alpha value is -0.950. The van der Waals surface area contributed by atoms with Gasteiger partial charge in [0.2, 0.25) is 0 Å². The molecule has 0 radical (unpaired) electrons. The fourth-order valence-electron chi connectivity index (χ4n) is 1.12. The van der Waals surface area contributed by atoms with E-state index >= 15 is 0 Å². The van der Waals surface area contributed by atoms with Crippen molar-refractivity contribution in [1.82, 2.24) is 10.2 Å². The summed E-state index contributed by atoms with van der Waals surface area (Å²) in [5.74, 6) is -0.440. The van der Waals surface area contributed by atoms with Gasteiger partial charge in [-0.25, -0.2) is 9.59 Å². The molecule has 6 nitrogen and oxygen atoms in total. The highest BCUT2D eigenvalue weighted by Gasteiger charge is 2.16. The van der Waals surface area contributed by atoms with Crippen molar-refractivity contribution in [1.29, 1.82) is 0 Å². The predicted octanol–water partition coefficient (Wildman–Crippen LogP) is 0.215. The molecule has 2 atom stereocenters. The summed E-state index contributed by atoms with van der Waals surface area (Å²) in [4.78, 5) is 23.5. The lowest BCUT2D eigenvalue weighted by atomic mass is 10.2. The van der Waals surface area contributed by atoms with E-state index in [-0.39, 0.29) is 25.0 Å². The standard InChI is InChI=1S/C10H20N2O4S/c1-7(6-17-3)12(2)10(16)11-5-4-8(13)9(14)15/h7-8,13H,4-6H2,1-3H3,(H,11,16)(H,14,15)/t7?,8-/m0/s1. The zero-order valence-corrected chi connectivity index (χ0v) is 11.2. The summed E-state index contributed by atoms with van der Waals surface area (Å²) >= 11 is 1.65. The Bertz CT molecular complexity index is 263. The first-order valence-corrected chi connectivity index (χ1v) is 6.70. The second kappa shape index (κ2) is 8.19. The molecule has 2 amide bonds. The highest BCUT2D eigenvalue weighted by Crippen LogP contribution is 2.03. The van der Waals surface area contributed by atoms with E-state index in [1.807, 2.05) is 13.2 Å². The fraction of sp³-hybridized carbons (Fsp3) is 0.800. The molecule has 0 fully saturated rings. The van der Waals surface area contributed by atoms with Crippen molar-refractivity contribution in [3.05, 3.63) is 0 Å². The van der Waals surface area contributed by atoms with Gasteiger partial charge in [0.15, 0.2) is 6.10 Å². The van der Waals surface area contributed by atoms with Crippen LogP contribution in [0.3, 0.4) is 0 Å². The average Bonchev–Trinajstić information content (AvgIpc) is 2.27. The smallest absolute Gasteiger partial charge is 0.332 e. The van der Waals surface area contributed by atoms with Gasteiger partial charge in [-0.05, 0) is 13.2 Å². The van der Waals surface area contributed by atoms with Gasteiger partial charge in [-0.15, -0.1) is 0 Å². The van der Waals surface area contributed by atoms with E-state index in [1.54, 1.807) is 23.7 Å². The van der Waals surface area contributed by atoms with Crippen molar-refractivity contribution in [2.45, 2.75) is 25.5 Å². The van der Waals surface area contributed by atoms with E-state index in [1.165, 1.54) is 0 Å². The number of urea groups is 1.